The largest absolute Gasteiger partial charge is 0.489 e. The minimum Gasteiger partial charge on any atom is -0.489 e. The molecule has 148 valence electrons. The van der Waals surface area contributed by atoms with Gasteiger partial charge in [-0.2, -0.15) is 0 Å². The Morgan fingerprint density at radius 2 is 1.86 bits per heavy atom. The highest BCUT2D eigenvalue weighted by molar-refractivity contribution is 7.71. The van der Waals surface area contributed by atoms with Crippen LogP contribution in [-0.4, -0.2) is 15.5 Å². The lowest BCUT2D eigenvalue weighted by molar-refractivity contribution is -0.116. The normalized spacial score (nSPS) is 15.5. The van der Waals surface area contributed by atoms with Crippen LogP contribution in [0.4, 0.5) is 5.82 Å². The van der Waals surface area contributed by atoms with E-state index in [-0.39, 0.29) is 28.6 Å². The maximum atomic E-state index is 12.6. The van der Waals surface area contributed by atoms with Crippen molar-refractivity contribution in [3.8, 4) is 5.75 Å². The van der Waals surface area contributed by atoms with Crippen LogP contribution in [0.1, 0.15) is 34.6 Å². The molecule has 0 bridgehead atoms. The van der Waals surface area contributed by atoms with Crippen molar-refractivity contribution in [2.75, 3.05) is 5.32 Å². The van der Waals surface area contributed by atoms with Crippen LogP contribution in [0.3, 0.4) is 0 Å². The number of hydrogen-bond acceptors (Lipinski definition) is 4. The summed E-state index contributed by atoms with van der Waals surface area (Å²) >= 11 is 5.16. The van der Waals surface area contributed by atoms with E-state index in [1.807, 2.05) is 42.5 Å². The second-order valence-corrected chi connectivity index (χ2v) is 7.56. The van der Waals surface area contributed by atoms with Gasteiger partial charge >= 0.3 is 0 Å². The van der Waals surface area contributed by atoms with Gasteiger partial charge in [-0.05, 0) is 48.0 Å². The molecule has 2 aromatic carbocycles. The average molecular weight is 407 g/mol. The number of anilines is 1. The van der Waals surface area contributed by atoms with Gasteiger partial charge in [-0.15, -0.1) is 0 Å². The van der Waals surface area contributed by atoms with Gasteiger partial charge in [0.2, 0.25) is 5.91 Å². The van der Waals surface area contributed by atoms with Crippen LogP contribution in [0.2, 0.25) is 0 Å². The van der Waals surface area contributed by atoms with Crippen molar-refractivity contribution < 1.29 is 9.53 Å². The molecule has 1 aromatic heterocycles. The first-order valence-electron chi connectivity index (χ1n) is 9.34. The lowest BCUT2D eigenvalue weighted by Crippen LogP contribution is -2.33. The molecule has 1 atom stereocenters. The molecule has 7 heteroatoms. The fraction of sp³-hybridized carbons (Fsp3) is 0.227. The van der Waals surface area contributed by atoms with E-state index < -0.39 is 0 Å². The number of nitrogens with zero attached hydrogens (tertiary/aromatic N) is 1. The number of fused-ring (bicyclic) bond motifs is 1. The van der Waals surface area contributed by atoms with Crippen molar-refractivity contribution >= 4 is 23.9 Å². The number of H-pyrrole nitrogens is 1. The predicted octanol–water partition coefficient (Wildman–Crippen LogP) is 3.80. The van der Waals surface area contributed by atoms with Crippen molar-refractivity contribution in [2.45, 2.75) is 25.9 Å². The van der Waals surface area contributed by atoms with Crippen molar-refractivity contribution in [1.82, 2.24) is 9.55 Å². The summed E-state index contributed by atoms with van der Waals surface area (Å²) in [6, 6.07) is 15.6. The molecule has 1 aliphatic rings. The summed E-state index contributed by atoms with van der Waals surface area (Å²) < 4.78 is 7.79. The van der Waals surface area contributed by atoms with E-state index in [1.165, 1.54) is 5.56 Å². The Balaban J connectivity index is 1.61. The first-order chi connectivity index (χ1) is 13.9. The zero-order chi connectivity index (χ0) is 20.5. The number of benzene rings is 2. The molecule has 0 saturated heterocycles. The topological polar surface area (TPSA) is 76.1 Å². The maximum Gasteiger partial charge on any atom is 0.257 e. The SMILES string of the molecule is Cc1ccccc1COc1ccc(C2CC(=O)Nc3c2c(=O)[nH]c(=S)n3C)cc1. The number of nitrogens with one attached hydrogen (secondary N) is 2. The van der Waals surface area contributed by atoms with Gasteiger partial charge in [0.05, 0.1) is 5.56 Å². The number of hydrogen-bond donors (Lipinski definition) is 2. The molecule has 29 heavy (non-hydrogen) atoms. The Morgan fingerprint density at radius 1 is 1.14 bits per heavy atom. The number of aromatic nitrogens is 2. The Morgan fingerprint density at radius 3 is 2.59 bits per heavy atom. The Labute approximate surface area is 173 Å². The highest BCUT2D eigenvalue weighted by Crippen LogP contribution is 2.35. The van der Waals surface area contributed by atoms with E-state index in [0.717, 1.165) is 16.9 Å². The summed E-state index contributed by atoms with van der Waals surface area (Å²) in [7, 11) is 1.72. The number of carbonyl (C=O) groups is 1. The molecule has 1 amide bonds. The quantitative estimate of drug-likeness (QED) is 0.645. The summed E-state index contributed by atoms with van der Waals surface area (Å²) in [6.07, 6.45) is 0.205. The minimum absolute atomic E-state index is 0.141. The molecule has 2 heterocycles. The van der Waals surface area contributed by atoms with Crippen LogP contribution >= 0.6 is 12.2 Å². The van der Waals surface area contributed by atoms with Gasteiger partial charge in [0.15, 0.2) is 4.77 Å². The molecule has 1 unspecified atom stereocenters. The molecule has 6 nitrogen and oxygen atoms in total. The minimum atomic E-state index is -0.338. The van der Waals surface area contributed by atoms with E-state index in [0.29, 0.717) is 18.0 Å². The molecule has 0 fully saturated rings. The Hall–Kier alpha value is -3.19. The van der Waals surface area contributed by atoms with Crippen molar-refractivity contribution in [3.05, 3.63) is 85.9 Å². The second kappa shape index (κ2) is 7.67. The number of carbonyl (C=O) groups excluding carboxylic acids is 1. The number of aromatic amines is 1. The Bertz CT molecular complexity index is 1200. The number of amides is 1. The Kier molecular flexibility index (Phi) is 5.07. The molecule has 1 aliphatic heterocycles. The summed E-state index contributed by atoms with van der Waals surface area (Å²) in [5.41, 5.74) is 3.45. The number of ether oxygens (including phenoxy) is 1. The fourth-order valence-corrected chi connectivity index (χ4v) is 3.78. The van der Waals surface area contributed by atoms with Gasteiger partial charge in [-0.3, -0.25) is 14.6 Å². The molecular formula is C22H21N3O3S. The van der Waals surface area contributed by atoms with E-state index in [4.69, 9.17) is 17.0 Å². The molecule has 3 aromatic rings. The third-order valence-electron chi connectivity index (χ3n) is 5.29. The van der Waals surface area contributed by atoms with Crippen LogP contribution in [0.5, 0.6) is 5.75 Å². The summed E-state index contributed by atoms with van der Waals surface area (Å²) in [6.45, 7) is 2.54. The van der Waals surface area contributed by atoms with Gasteiger partial charge in [0.1, 0.15) is 18.2 Å². The van der Waals surface area contributed by atoms with E-state index >= 15 is 0 Å². The summed E-state index contributed by atoms with van der Waals surface area (Å²) in [4.78, 5) is 27.5. The number of aryl methyl sites for hydroxylation is 1. The lowest BCUT2D eigenvalue weighted by Gasteiger charge is -2.26. The highest BCUT2D eigenvalue weighted by atomic mass is 32.1. The predicted molar refractivity (Wildman–Crippen MR) is 114 cm³/mol. The van der Waals surface area contributed by atoms with Gasteiger partial charge in [-0.25, -0.2) is 0 Å². The van der Waals surface area contributed by atoms with Crippen molar-refractivity contribution in [1.29, 1.82) is 0 Å². The first-order valence-corrected chi connectivity index (χ1v) is 9.75. The van der Waals surface area contributed by atoms with E-state index in [1.54, 1.807) is 11.6 Å². The maximum absolute atomic E-state index is 12.6. The van der Waals surface area contributed by atoms with Crippen molar-refractivity contribution in [2.24, 2.45) is 7.05 Å². The molecule has 0 radical (unpaired) electrons. The third kappa shape index (κ3) is 3.73. The fourth-order valence-electron chi connectivity index (χ4n) is 3.60. The van der Waals surface area contributed by atoms with Gasteiger partial charge in [-0.1, -0.05) is 36.4 Å². The van der Waals surface area contributed by atoms with Crippen LogP contribution in [0.15, 0.2) is 53.3 Å². The molecule has 2 N–H and O–H groups in total. The second-order valence-electron chi connectivity index (χ2n) is 7.17. The molecule has 0 saturated carbocycles. The average Bonchev–Trinajstić information content (AvgIpc) is 2.71. The molecule has 0 aliphatic carbocycles. The number of rotatable bonds is 4. The highest BCUT2D eigenvalue weighted by Gasteiger charge is 2.31. The van der Waals surface area contributed by atoms with Crippen LogP contribution in [0, 0.1) is 11.7 Å². The monoisotopic (exact) mass is 407 g/mol. The summed E-state index contributed by atoms with van der Waals surface area (Å²) in [5.74, 6) is 0.713. The van der Waals surface area contributed by atoms with Crippen molar-refractivity contribution in [3.63, 3.8) is 0 Å². The van der Waals surface area contributed by atoms with Crippen LogP contribution in [0.25, 0.3) is 0 Å². The molecule has 0 spiro atoms. The van der Waals surface area contributed by atoms with E-state index in [9.17, 15) is 9.59 Å². The zero-order valence-corrected chi connectivity index (χ0v) is 17.0. The van der Waals surface area contributed by atoms with Gasteiger partial charge < -0.3 is 14.6 Å². The first kappa shape index (κ1) is 19.1. The zero-order valence-electron chi connectivity index (χ0n) is 16.2. The van der Waals surface area contributed by atoms with Gasteiger partial charge in [0.25, 0.3) is 5.56 Å². The smallest absolute Gasteiger partial charge is 0.257 e. The standard InChI is InChI=1S/C22H21N3O3S/c1-13-5-3-4-6-15(13)12-28-16-9-7-14(8-10-16)17-11-18(26)23-20-19(17)21(27)24-22(29)25(20)2/h3-10,17H,11-12H2,1-2H3,(H,23,26)(H,24,27,29). The van der Waals surface area contributed by atoms with Crippen LogP contribution < -0.4 is 15.6 Å². The summed E-state index contributed by atoms with van der Waals surface area (Å²) in [5, 5.41) is 2.78. The molecular weight excluding hydrogens is 386 g/mol. The van der Waals surface area contributed by atoms with Gasteiger partial charge in [0, 0.05) is 19.4 Å². The van der Waals surface area contributed by atoms with Crippen LogP contribution in [-0.2, 0) is 18.4 Å². The lowest BCUT2D eigenvalue weighted by atomic mass is 9.87. The van der Waals surface area contributed by atoms with E-state index in [2.05, 4.69) is 23.3 Å². The third-order valence-corrected chi connectivity index (χ3v) is 5.67. The molecule has 4 rings (SSSR count).